The number of benzene rings is 1. The van der Waals surface area contributed by atoms with Crippen molar-refractivity contribution in [3.05, 3.63) is 46.0 Å². The lowest BCUT2D eigenvalue weighted by atomic mass is 9.51. The molecule has 0 radical (unpaired) electrons. The molecule has 9 atom stereocenters. The standard InChI is InChI=1S/C41H56ClNO13/c1-20(2)16-26(43-37(51)38(6,7)8)32(47)36(50)54-27-18-41(52)34(55-35(49)24-12-11-13-25(42)17-24)30(40(56-23(5)45)19-53-28(40)14-15-44)22(4)31(46)33(48)29(21(27)3)39(41,9)10/h11-13,17,20,22,26-28,30,32,34,44,47,52H,14-16,18-19H2,1-10H3,(H,43,51)/t22?,26-,27-,28?,30?,32+,34-,40-,41+/m0/s1. The third-order valence-electron chi connectivity index (χ3n) is 11.5. The van der Waals surface area contributed by atoms with Gasteiger partial charge in [0, 0.05) is 53.7 Å². The summed E-state index contributed by atoms with van der Waals surface area (Å²) < 4.78 is 23.9. The second kappa shape index (κ2) is 16.7. The van der Waals surface area contributed by atoms with Crippen LogP contribution in [0, 0.1) is 28.6 Å². The molecule has 15 heteroatoms. The minimum absolute atomic E-state index is 0.0181. The van der Waals surface area contributed by atoms with Gasteiger partial charge in [0.2, 0.25) is 17.5 Å². The molecule has 56 heavy (non-hydrogen) atoms. The van der Waals surface area contributed by atoms with Gasteiger partial charge < -0.3 is 39.6 Å². The monoisotopic (exact) mass is 805 g/mol. The highest BCUT2D eigenvalue weighted by Gasteiger charge is 2.71. The molecule has 1 aliphatic heterocycles. The lowest BCUT2D eigenvalue weighted by Gasteiger charge is -2.61. The van der Waals surface area contributed by atoms with Crippen LogP contribution in [0.1, 0.15) is 98.9 Å². The van der Waals surface area contributed by atoms with Crippen LogP contribution < -0.4 is 5.32 Å². The minimum Gasteiger partial charge on any atom is -0.456 e. The summed E-state index contributed by atoms with van der Waals surface area (Å²) in [6.45, 7) is 15.0. The van der Waals surface area contributed by atoms with Crippen molar-refractivity contribution < 1.29 is 63.0 Å². The Morgan fingerprint density at radius 1 is 1.11 bits per heavy atom. The Balaban J connectivity index is 1.92. The normalized spacial score (nSPS) is 30.0. The van der Waals surface area contributed by atoms with E-state index in [0.717, 1.165) is 6.92 Å². The van der Waals surface area contributed by atoms with Gasteiger partial charge in [-0.1, -0.05) is 73.1 Å². The van der Waals surface area contributed by atoms with Gasteiger partial charge in [0.05, 0.1) is 24.1 Å². The molecule has 0 aromatic heterocycles. The molecule has 1 saturated heterocycles. The number of aliphatic hydroxyl groups is 3. The van der Waals surface area contributed by atoms with E-state index in [1.807, 2.05) is 13.8 Å². The van der Waals surface area contributed by atoms with Gasteiger partial charge >= 0.3 is 17.9 Å². The fourth-order valence-electron chi connectivity index (χ4n) is 8.41. The van der Waals surface area contributed by atoms with Gasteiger partial charge in [0.25, 0.3) is 0 Å². The molecular formula is C41H56ClNO13. The molecule has 4 N–H and O–H groups in total. The minimum atomic E-state index is -2.36. The summed E-state index contributed by atoms with van der Waals surface area (Å²) in [4.78, 5) is 82.5. The first-order valence-electron chi connectivity index (χ1n) is 18.9. The number of fused-ring (bicyclic) bond motifs is 2. The highest BCUT2D eigenvalue weighted by molar-refractivity contribution is 6.44. The Kier molecular flexibility index (Phi) is 13.4. The Morgan fingerprint density at radius 3 is 2.27 bits per heavy atom. The number of halogens is 1. The molecule has 2 fully saturated rings. The fraction of sp³-hybridized carbons (Fsp3) is 0.659. The van der Waals surface area contributed by atoms with Crippen molar-refractivity contribution >= 4 is 47.0 Å². The zero-order chi connectivity index (χ0) is 42.3. The number of Topliss-reactive ketones (excluding diaryl/α,β-unsaturated/α-hetero) is 2. The van der Waals surface area contributed by atoms with E-state index >= 15 is 0 Å². The lowest BCUT2D eigenvalue weighted by Crippen LogP contribution is -2.75. The van der Waals surface area contributed by atoms with Crippen molar-refractivity contribution in [2.45, 2.75) is 130 Å². The quantitative estimate of drug-likeness (QED) is 0.135. The van der Waals surface area contributed by atoms with Gasteiger partial charge in [-0.3, -0.25) is 19.2 Å². The third kappa shape index (κ3) is 8.45. The number of rotatable bonds is 12. The second-order valence-electron chi connectivity index (χ2n) is 17.3. The summed E-state index contributed by atoms with van der Waals surface area (Å²) in [5.74, 6) is -8.21. The van der Waals surface area contributed by atoms with Crippen LogP contribution in [-0.4, -0.2) is 106 Å². The summed E-state index contributed by atoms with van der Waals surface area (Å²) in [6.07, 6.45) is -6.56. The molecule has 1 saturated carbocycles. The van der Waals surface area contributed by atoms with E-state index in [2.05, 4.69) is 5.32 Å². The first kappa shape index (κ1) is 45.0. The number of esters is 3. The molecular weight excluding hydrogens is 750 g/mol. The van der Waals surface area contributed by atoms with Crippen molar-refractivity contribution in [1.29, 1.82) is 0 Å². The van der Waals surface area contributed by atoms with Gasteiger partial charge in [0.1, 0.15) is 23.9 Å². The number of ether oxygens (including phenoxy) is 4. The van der Waals surface area contributed by atoms with E-state index in [0.29, 0.717) is 0 Å². The molecule has 3 unspecified atom stereocenters. The second-order valence-corrected chi connectivity index (χ2v) is 17.8. The molecule has 1 aromatic rings. The number of aliphatic hydroxyl groups excluding tert-OH is 2. The van der Waals surface area contributed by atoms with Gasteiger partial charge in [-0.2, -0.15) is 0 Å². The van der Waals surface area contributed by atoms with Gasteiger partial charge in [-0.15, -0.1) is 0 Å². The summed E-state index contributed by atoms with van der Waals surface area (Å²) in [6, 6.07) is 4.75. The topological polar surface area (TPSA) is 212 Å². The predicted molar refractivity (Wildman–Crippen MR) is 202 cm³/mol. The van der Waals surface area contributed by atoms with Crippen LogP contribution in [0.4, 0.5) is 0 Å². The fourth-order valence-corrected chi connectivity index (χ4v) is 8.60. The summed E-state index contributed by atoms with van der Waals surface area (Å²) in [7, 11) is 0. The summed E-state index contributed by atoms with van der Waals surface area (Å²) in [5, 5.41) is 37.6. The van der Waals surface area contributed by atoms with Crippen molar-refractivity contribution in [3.63, 3.8) is 0 Å². The van der Waals surface area contributed by atoms with Crippen molar-refractivity contribution in [2.24, 2.45) is 28.6 Å². The van der Waals surface area contributed by atoms with E-state index in [1.165, 1.54) is 52.0 Å². The largest absolute Gasteiger partial charge is 0.456 e. The van der Waals surface area contributed by atoms with E-state index in [1.54, 1.807) is 20.8 Å². The number of carbonyl (C=O) groups is 6. The van der Waals surface area contributed by atoms with E-state index in [-0.39, 0.29) is 47.1 Å². The van der Waals surface area contributed by atoms with Crippen molar-refractivity contribution in [3.8, 4) is 0 Å². The molecule has 2 aliphatic carbocycles. The van der Waals surface area contributed by atoms with E-state index < -0.39 is 113 Å². The highest BCUT2D eigenvalue weighted by Crippen LogP contribution is 2.58. The van der Waals surface area contributed by atoms with Crippen LogP contribution in [0.2, 0.25) is 5.02 Å². The van der Waals surface area contributed by atoms with Crippen LogP contribution in [-0.2, 0) is 42.9 Å². The number of carbonyl (C=O) groups excluding carboxylic acids is 6. The molecule has 1 aromatic carbocycles. The van der Waals surface area contributed by atoms with Crippen LogP contribution in [0.3, 0.4) is 0 Å². The van der Waals surface area contributed by atoms with Crippen LogP contribution in [0.25, 0.3) is 0 Å². The number of nitrogens with one attached hydrogen (secondary N) is 1. The van der Waals surface area contributed by atoms with Crippen molar-refractivity contribution in [1.82, 2.24) is 5.32 Å². The Labute approximate surface area is 332 Å². The Hall–Kier alpha value is -3.69. The van der Waals surface area contributed by atoms with Crippen LogP contribution in [0.5, 0.6) is 0 Å². The van der Waals surface area contributed by atoms with E-state index in [4.69, 9.17) is 30.5 Å². The third-order valence-corrected chi connectivity index (χ3v) is 11.8. The predicted octanol–water partition coefficient (Wildman–Crippen LogP) is 3.68. The maximum absolute atomic E-state index is 14.4. The highest BCUT2D eigenvalue weighted by atomic mass is 35.5. The molecule has 14 nitrogen and oxygen atoms in total. The average Bonchev–Trinajstić information content (AvgIpc) is 3.09. The summed E-state index contributed by atoms with van der Waals surface area (Å²) in [5.41, 5.74) is -6.77. The number of ketones is 2. The number of amides is 1. The lowest BCUT2D eigenvalue weighted by molar-refractivity contribution is -0.307. The zero-order valence-corrected chi connectivity index (χ0v) is 34.5. The Bertz CT molecular complexity index is 1760. The molecule has 0 spiro atoms. The maximum atomic E-state index is 14.4. The van der Waals surface area contributed by atoms with E-state index in [9.17, 15) is 44.1 Å². The molecule has 310 valence electrons. The summed E-state index contributed by atoms with van der Waals surface area (Å²) >= 11 is 6.21. The first-order valence-corrected chi connectivity index (χ1v) is 19.3. The molecule has 1 amide bonds. The van der Waals surface area contributed by atoms with Gasteiger partial charge in [-0.05, 0) is 43.0 Å². The molecule has 1 heterocycles. The zero-order valence-electron chi connectivity index (χ0n) is 33.8. The molecule has 2 bridgehead atoms. The molecule has 4 rings (SSSR count). The number of hydrogen-bond donors (Lipinski definition) is 4. The van der Waals surface area contributed by atoms with Crippen molar-refractivity contribution in [2.75, 3.05) is 13.2 Å². The van der Waals surface area contributed by atoms with Gasteiger partial charge in [0.15, 0.2) is 11.7 Å². The van der Waals surface area contributed by atoms with Crippen LogP contribution >= 0.6 is 11.6 Å². The smallest absolute Gasteiger partial charge is 0.338 e. The maximum Gasteiger partial charge on any atom is 0.338 e. The Morgan fingerprint density at radius 2 is 1.75 bits per heavy atom. The average molecular weight is 806 g/mol. The SMILES string of the molecule is CC(=O)O[C@@]1(C2C(C)C(=O)C(=O)C3=C(C)[C@@H](OC(=O)[C@H](O)[C@H](CC(C)C)NC(=O)C(C)(C)C)C[C@@](O)([C@H]2OC(=O)c2cccc(Cl)c2)C3(C)C)COC1CCO. The van der Waals surface area contributed by atoms with Crippen LogP contribution in [0.15, 0.2) is 35.4 Å². The van der Waals surface area contributed by atoms with Gasteiger partial charge in [-0.25, -0.2) is 9.59 Å². The first-order chi connectivity index (χ1) is 25.8. The number of hydrogen-bond acceptors (Lipinski definition) is 13. The molecule has 3 aliphatic rings.